The molecular formula is C14H13N3O4. The Kier molecular flexibility index (Phi) is 4.13. The van der Waals surface area contributed by atoms with E-state index in [0.717, 1.165) is 0 Å². The van der Waals surface area contributed by atoms with Crippen molar-refractivity contribution in [2.75, 3.05) is 0 Å². The molecule has 2 N–H and O–H groups in total. The maximum absolute atomic E-state index is 11.8. The van der Waals surface area contributed by atoms with Gasteiger partial charge in [0.1, 0.15) is 17.1 Å². The highest BCUT2D eigenvalue weighted by atomic mass is 16.4. The van der Waals surface area contributed by atoms with Crippen LogP contribution in [0.1, 0.15) is 28.6 Å². The Labute approximate surface area is 120 Å². The Hall–Kier alpha value is -2.96. The molecule has 0 fully saturated rings. The van der Waals surface area contributed by atoms with Crippen LogP contribution in [-0.2, 0) is 0 Å². The number of hydrazone groups is 1. The van der Waals surface area contributed by atoms with Crippen LogP contribution in [0.25, 0.3) is 0 Å². The lowest BCUT2D eigenvalue weighted by molar-refractivity contribution is 0.0954. The summed E-state index contributed by atoms with van der Waals surface area (Å²) < 4.78 is 4.88. The highest BCUT2D eigenvalue weighted by molar-refractivity contribution is 6.02. The molecule has 2 heterocycles. The number of nitrogens with zero attached hydrogens (tertiary/aromatic N) is 2. The van der Waals surface area contributed by atoms with Crippen molar-refractivity contribution < 1.29 is 14.3 Å². The van der Waals surface area contributed by atoms with Gasteiger partial charge >= 0.3 is 5.63 Å². The number of nitrogens with one attached hydrogen (secondary N) is 1. The van der Waals surface area contributed by atoms with Crippen molar-refractivity contribution >= 4 is 11.6 Å². The van der Waals surface area contributed by atoms with E-state index in [1.165, 1.54) is 19.2 Å². The summed E-state index contributed by atoms with van der Waals surface area (Å²) in [4.78, 5) is 27.3. The molecule has 0 unspecified atom stereocenters. The van der Waals surface area contributed by atoms with Crippen molar-refractivity contribution in [2.45, 2.75) is 13.8 Å². The number of rotatable bonds is 3. The van der Waals surface area contributed by atoms with Crippen LogP contribution in [0, 0.1) is 6.92 Å². The Bertz CT molecular complexity index is 751. The van der Waals surface area contributed by atoms with Crippen LogP contribution in [-0.4, -0.2) is 21.7 Å². The number of hydrogen-bond donors (Lipinski definition) is 2. The van der Waals surface area contributed by atoms with Gasteiger partial charge in [-0.1, -0.05) is 0 Å². The molecule has 0 bridgehead atoms. The average molecular weight is 287 g/mol. The molecule has 0 spiro atoms. The third-order valence-electron chi connectivity index (χ3n) is 2.66. The zero-order valence-corrected chi connectivity index (χ0v) is 11.5. The predicted molar refractivity (Wildman–Crippen MR) is 75.3 cm³/mol. The number of carbonyl (C=O) groups excluding carboxylic acids is 1. The highest BCUT2D eigenvalue weighted by Crippen LogP contribution is 2.15. The van der Waals surface area contributed by atoms with E-state index in [-0.39, 0.29) is 22.8 Å². The number of hydrogen-bond acceptors (Lipinski definition) is 6. The minimum atomic E-state index is -0.718. The molecule has 108 valence electrons. The van der Waals surface area contributed by atoms with Gasteiger partial charge in [0.2, 0.25) is 0 Å². The van der Waals surface area contributed by atoms with Crippen LogP contribution in [0.3, 0.4) is 0 Å². The van der Waals surface area contributed by atoms with Crippen molar-refractivity contribution in [1.29, 1.82) is 0 Å². The SMILES string of the molecule is CC(=NNC(=O)c1cccnc1)c1c(O)cc(C)oc1=O. The first-order valence-electron chi connectivity index (χ1n) is 6.08. The molecule has 1 amide bonds. The normalized spacial score (nSPS) is 11.2. The standard InChI is InChI=1S/C14H13N3O4/c1-8-6-11(18)12(14(20)21-8)9(2)16-17-13(19)10-4-3-5-15-7-10/h3-7,18H,1-2H3,(H,17,19). The third kappa shape index (κ3) is 3.33. The first kappa shape index (κ1) is 14.4. The van der Waals surface area contributed by atoms with Gasteiger partial charge in [-0.15, -0.1) is 0 Å². The molecule has 2 aromatic heterocycles. The molecule has 7 heteroatoms. The van der Waals surface area contributed by atoms with Crippen molar-refractivity contribution in [3.05, 3.63) is 57.9 Å². The molecular weight excluding hydrogens is 274 g/mol. The van der Waals surface area contributed by atoms with Crippen LogP contribution in [0.5, 0.6) is 5.75 Å². The summed E-state index contributed by atoms with van der Waals surface area (Å²) in [5.74, 6) is -0.437. The summed E-state index contributed by atoms with van der Waals surface area (Å²) in [5.41, 5.74) is 1.94. The highest BCUT2D eigenvalue weighted by Gasteiger charge is 2.13. The van der Waals surface area contributed by atoms with E-state index in [4.69, 9.17) is 4.42 Å². The summed E-state index contributed by atoms with van der Waals surface area (Å²) in [6.07, 6.45) is 2.93. The van der Waals surface area contributed by atoms with E-state index in [0.29, 0.717) is 5.56 Å². The number of aromatic nitrogens is 1. The zero-order chi connectivity index (χ0) is 15.4. The summed E-state index contributed by atoms with van der Waals surface area (Å²) in [6.45, 7) is 3.02. The van der Waals surface area contributed by atoms with Gasteiger partial charge in [0.25, 0.3) is 5.91 Å². The van der Waals surface area contributed by atoms with Gasteiger partial charge in [0.15, 0.2) is 0 Å². The van der Waals surface area contributed by atoms with E-state index < -0.39 is 11.5 Å². The molecule has 0 aliphatic rings. The van der Waals surface area contributed by atoms with Crippen LogP contribution in [0.2, 0.25) is 0 Å². The van der Waals surface area contributed by atoms with Crippen molar-refractivity contribution in [3.63, 3.8) is 0 Å². The van der Waals surface area contributed by atoms with E-state index in [1.54, 1.807) is 25.3 Å². The molecule has 0 saturated carbocycles. The lowest BCUT2D eigenvalue weighted by Gasteiger charge is -2.04. The second-order valence-corrected chi connectivity index (χ2v) is 4.28. The summed E-state index contributed by atoms with van der Waals surface area (Å²) in [6, 6.07) is 4.50. The molecule has 0 aliphatic heterocycles. The average Bonchev–Trinajstić information content (AvgIpc) is 2.44. The molecule has 0 aromatic carbocycles. The van der Waals surface area contributed by atoms with Gasteiger partial charge < -0.3 is 9.52 Å². The summed E-state index contributed by atoms with van der Waals surface area (Å²) in [7, 11) is 0. The number of aromatic hydroxyl groups is 1. The third-order valence-corrected chi connectivity index (χ3v) is 2.66. The van der Waals surface area contributed by atoms with Gasteiger partial charge in [-0.2, -0.15) is 5.10 Å². The summed E-state index contributed by atoms with van der Waals surface area (Å²) >= 11 is 0. The fourth-order valence-corrected chi connectivity index (χ4v) is 1.68. The fraction of sp³-hybridized carbons (Fsp3) is 0.143. The van der Waals surface area contributed by atoms with Crippen molar-refractivity contribution in [1.82, 2.24) is 10.4 Å². The van der Waals surface area contributed by atoms with E-state index in [2.05, 4.69) is 15.5 Å². The minimum Gasteiger partial charge on any atom is -0.507 e. The smallest absolute Gasteiger partial charge is 0.348 e. The van der Waals surface area contributed by atoms with E-state index in [1.807, 2.05) is 0 Å². The van der Waals surface area contributed by atoms with E-state index in [9.17, 15) is 14.7 Å². The number of aryl methyl sites for hydroxylation is 1. The van der Waals surface area contributed by atoms with Gasteiger partial charge in [-0.05, 0) is 26.0 Å². The van der Waals surface area contributed by atoms with Gasteiger partial charge in [0.05, 0.1) is 11.3 Å². The molecule has 2 aromatic rings. The molecule has 0 radical (unpaired) electrons. The van der Waals surface area contributed by atoms with Gasteiger partial charge in [-0.3, -0.25) is 9.78 Å². The second-order valence-electron chi connectivity index (χ2n) is 4.28. The van der Waals surface area contributed by atoms with Crippen LogP contribution >= 0.6 is 0 Å². The maximum atomic E-state index is 11.8. The number of amides is 1. The predicted octanol–water partition coefficient (Wildman–Crippen LogP) is 1.20. The Morgan fingerprint density at radius 2 is 2.24 bits per heavy atom. The van der Waals surface area contributed by atoms with Crippen molar-refractivity contribution in [3.8, 4) is 5.75 Å². The molecule has 7 nitrogen and oxygen atoms in total. The quantitative estimate of drug-likeness (QED) is 0.652. The monoisotopic (exact) mass is 287 g/mol. The number of carbonyl (C=O) groups is 1. The Morgan fingerprint density at radius 1 is 1.48 bits per heavy atom. The van der Waals surface area contributed by atoms with Gasteiger partial charge in [0, 0.05) is 18.5 Å². The molecule has 0 aliphatic carbocycles. The number of pyridine rings is 1. The topological polar surface area (TPSA) is 105 Å². The zero-order valence-electron chi connectivity index (χ0n) is 11.5. The van der Waals surface area contributed by atoms with Crippen LogP contribution in [0.4, 0.5) is 0 Å². The lowest BCUT2D eigenvalue weighted by atomic mass is 10.2. The summed E-state index contributed by atoms with van der Waals surface area (Å²) in [5, 5.41) is 13.6. The Balaban J connectivity index is 2.23. The largest absolute Gasteiger partial charge is 0.507 e. The fourth-order valence-electron chi connectivity index (χ4n) is 1.68. The minimum absolute atomic E-state index is 0.0907. The first-order valence-corrected chi connectivity index (χ1v) is 6.08. The molecule has 0 saturated heterocycles. The van der Waals surface area contributed by atoms with E-state index >= 15 is 0 Å². The van der Waals surface area contributed by atoms with Gasteiger partial charge in [-0.25, -0.2) is 10.2 Å². The lowest BCUT2D eigenvalue weighted by Crippen LogP contribution is -2.21. The second kappa shape index (κ2) is 6.00. The van der Waals surface area contributed by atoms with Crippen LogP contribution < -0.4 is 11.1 Å². The maximum Gasteiger partial charge on any atom is 0.348 e. The van der Waals surface area contributed by atoms with Crippen LogP contribution in [0.15, 0.2) is 44.9 Å². The van der Waals surface area contributed by atoms with Crippen molar-refractivity contribution in [2.24, 2.45) is 5.10 Å². The molecule has 2 rings (SSSR count). The molecule has 0 atom stereocenters. The Morgan fingerprint density at radius 3 is 2.86 bits per heavy atom. The first-order chi connectivity index (χ1) is 9.99. The molecule has 21 heavy (non-hydrogen) atoms.